The molecule has 0 saturated heterocycles. The fourth-order valence-electron chi connectivity index (χ4n) is 1.93. The van der Waals surface area contributed by atoms with Crippen LogP contribution in [0.25, 0.3) is 0 Å². The molecule has 0 aliphatic carbocycles. The number of hydrogen-bond acceptors (Lipinski definition) is 0. The molecule has 0 N–H and O–H groups in total. The van der Waals surface area contributed by atoms with Crippen LogP contribution in [0.5, 0.6) is 0 Å². The van der Waals surface area contributed by atoms with E-state index in [2.05, 4.69) is 51.7 Å². The lowest BCUT2D eigenvalue weighted by molar-refractivity contribution is 0.754. The van der Waals surface area contributed by atoms with Gasteiger partial charge in [0.15, 0.2) is 0 Å². The van der Waals surface area contributed by atoms with E-state index in [1.165, 1.54) is 44.1 Å². The van der Waals surface area contributed by atoms with Gasteiger partial charge in [-0.2, -0.15) is 0 Å². The highest BCUT2D eigenvalue weighted by atomic mass is 14.0. The molecule has 0 atom stereocenters. The minimum Gasteiger partial charge on any atom is -0.103 e. The third kappa shape index (κ3) is 10.1. The number of allylic oxidation sites excluding steroid dienone is 7. The molecule has 0 aromatic rings. The van der Waals surface area contributed by atoms with E-state index in [1.807, 2.05) is 6.08 Å². The molecule has 0 spiro atoms. The number of unbranched alkanes of at least 4 members (excludes halogenated alkanes) is 3. The molecule has 0 aliphatic rings. The van der Waals surface area contributed by atoms with Crippen molar-refractivity contribution in [1.82, 2.24) is 0 Å². The second-order valence-corrected chi connectivity index (χ2v) is 4.84. The predicted molar refractivity (Wildman–Crippen MR) is 84.8 cm³/mol. The molecule has 0 aromatic carbocycles. The Morgan fingerprint density at radius 2 is 1.89 bits per heavy atom. The summed E-state index contributed by atoms with van der Waals surface area (Å²) in [6.07, 6.45) is 19.6. The standard InChI is InChI=1S/C18H30/c1-5-13-17(4)15-11-9-8-10-12-16-18(7-3)14-6-2/h6-7,12,15-16H,2,5,8-11,13-14H2,1,3-4H3/b16-12+,17-15+,18-7-. The van der Waals surface area contributed by atoms with Crippen LogP contribution in [-0.2, 0) is 0 Å². The smallest absolute Gasteiger partial charge is 0.0104 e. The zero-order valence-electron chi connectivity index (χ0n) is 12.5. The Bertz CT molecular complexity index is 289. The average Bonchev–Trinajstić information content (AvgIpc) is 2.36. The molecule has 0 aliphatic heterocycles. The van der Waals surface area contributed by atoms with E-state index in [9.17, 15) is 0 Å². The molecule has 18 heavy (non-hydrogen) atoms. The van der Waals surface area contributed by atoms with Crippen LogP contribution in [0.1, 0.15) is 65.7 Å². The summed E-state index contributed by atoms with van der Waals surface area (Å²) >= 11 is 0. The van der Waals surface area contributed by atoms with Crippen LogP contribution in [0.15, 0.2) is 48.1 Å². The Balaban J connectivity index is 3.64. The summed E-state index contributed by atoms with van der Waals surface area (Å²) in [5.74, 6) is 0. The van der Waals surface area contributed by atoms with E-state index >= 15 is 0 Å². The van der Waals surface area contributed by atoms with Gasteiger partial charge in [0.1, 0.15) is 0 Å². The van der Waals surface area contributed by atoms with E-state index < -0.39 is 0 Å². The van der Waals surface area contributed by atoms with Crippen molar-refractivity contribution in [3.63, 3.8) is 0 Å². The lowest BCUT2D eigenvalue weighted by atomic mass is 10.1. The van der Waals surface area contributed by atoms with E-state index in [1.54, 1.807) is 5.57 Å². The van der Waals surface area contributed by atoms with Gasteiger partial charge in [0, 0.05) is 0 Å². The molecule has 0 radical (unpaired) electrons. The van der Waals surface area contributed by atoms with Gasteiger partial charge in [-0.1, -0.05) is 49.3 Å². The third-order valence-electron chi connectivity index (χ3n) is 3.04. The first-order chi connectivity index (χ1) is 8.74. The Morgan fingerprint density at radius 3 is 2.50 bits per heavy atom. The summed E-state index contributed by atoms with van der Waals surface area (Å²) < 4.78 is 0. The van der Waals surface area contributed by atoms with E-state index in [0.717, 1.165) is 6.42 Å². The summed E-state index contributed by atoms with van der Waals surface area (Å²) in [5.41, 5.74) is 2.92. The maximum Gasteiger partial charge on any atom is -0.0104 e. The van der Waals surface area contributed by atoms with Crippen molar-refractivity contribution in [3.8, 4) is 0 Å². The molecule has 0 nitrogen and oxygen atoms in total. The largest absolute Gasteiger partial charge is 0.103 e. The minimum absolute atomic E-state index is 0.978. The van der Waals surface area contributed by atoms with E-state index in [4.69, 9.17) is 0 Å². The topological polar surface area (TPSA) is 0 Å². The molecule has 0 saturated carbocycles. The summed E-state index contributed by atoms with van der Waals surface area (Å²) in [6, 6.07) is 0. The van der Waals surface area contributed by atoms with Crippen molar-refractivity contribution in [2.75, 3.05) is 0 Å². The van der Waals surface area contributed by atoms with Crippen LogP contribution in [0, 0.1) is 0 Å². The first-order valence-corrected chi connectivity index (χ1v) is 7.32. The van der Waals surface area contributed by atoms with Crippen LogP contribution >= 0.6 is 0 Å². The third-order valence-corrected chi connectivity index (χ3v) is 3.04. The van der Waals surface area contributed by atoms with Gasteiger partial charge in [0.2, 0.25) is 0 Å². The molecule has 0 heterocycles. The van der Waals surface area contributed by atoms with Crippen molar-refractivity contribution in [2.45, 2.75) is 65.7 Å². The molecule has 0 bridgehead atoms. The Labute approximate surface area is 114 Å². The van der Waals surface area contributed by atoms with Crippen LogP contribution in [0.3, 0.4) is 0 Å². The molecule has 0 rings (SSSR count). The average molecular weight is 246 g/mol. The summed E-state index contributed by atoms with van der Waals surface area (Å²) in [7, 11) is 0. The molecule has 102 valence electrons. The van der Waals surface area contributed by atoms with Crippen LogP contribution in [0.2, 0.25) is 0 Å². The Hall–Kier alpha value is -1.04. The van der Waals surface area contributed by atoms with Crippen LogP contribution in [-0.4, -0.2) is 0 Å². The van der Waals surface area contributed by atoms with Crippen molar-refractivity contribution in [1.29, 1.82) is 0 Å². The van der Waals surface area contributed by atoms with Gasteiger partial charge in [-0.25, -0.2) is 0 Å². The first kappa shape index (κ1) is 17.0. The van der Waals surface area contributed by atoms with Gasteiger partial charge in [0.05, 0.1) is 0 Å². The number of hydrogen-bond donors (Lipinski definition) is 0. The molecular weight excluding hydrogens is 216 g/mol. The maximum atomic E-state index is 3.77. The van der Waals surface area contributed by atoms with Crippen molar-refractivity contribution in [3.05, 3.63) is 48.1 Å². The summed E-state index contributed by atoms with van der Waals surface area (Å²) in [4.78, 5) is 0. The minimum atomic E-state index is 0.978. The monoisotopic (exact) mass is 246 g/mol. The predicted octanol–water partition coefficient (Wildman–Crippen LogP) is 6.37. The fraction of sp³-hybridized carbons (Fsp3) is 0.556. The quantitative estimate of drug-likeness (QED) is 0.238. The molecule has 0 amide bonds. The van der Waals surface area contributed by atoms with Gasteiger partial charge in [0.25, 0.3) is 0 Å². The van der Waals surface area contributed by atoms with E-state index in [-0.39, 0.29) is 0 Å². The van der Waals surface area contributed by atoms with E-state index in [0.29, 0.717) is 0 Å². The van der Waals surface area contributed by atoms with Gasteiger partial charge in [-0.05, 0) is 57.9 Å². The van der Waals surface area contributed by atoms with Gasteiger partial charge < -0.3 is 0 Å². The van der Waals surface area contributed by atoms with Crippen LogP contribution in [0.4, 0.5) is 0 Å². The molecule has 0 aromatic heterocycles. The van der Waals surface area contributed by atoms with Gasteiger partial charge in [-0.3, -0.25) is 0 Å². The Kier molecular flexibility index (Phi) is 11.7. The van der Waals surface area contributed by atoms with Crippen molar-refractivity contribution in [2.24, 2.45) is 0 Å². The van der Waals surface area contributed by atoms with Crippen molar-refractivity contribution < 1.29 is 0 Å². The lowest BCUT2D eigenvalue weighted by Crippen LogP contribution is -1.78. The zero-order chi connectivity index (χ0) is 13.6. The van der Waals surface area contributed by atoms with Gasteiger partial charge in [-0.15, -0.1) is 6.58 Å². The van der Waals surface area contributed by atoms with Gasteiger partial charge >= 0.3 is 0 Å². The maximum absolute atomic E-state index is 3.77. The molecular formula is C18H30. The second-order valence-electron chi connectivity index (χ2n) is 4.84. The SMILES string of the molecule is C=CCC(=C/C)/C=C/CCCC/C=C(\C)CCC. The zero-order valence-corrected chi connectivity index (χ0v) is 12.5. The van der Waals surface area contributed by atoms with Crippen molar-refractivity contribution >= 4 is 0 Å². The molecule has 0 unspecified atom stereocenters. The normalized spacial score (nSPS) is 13.3. The lowest BCUT2D eigenvalue weighted by Gasteiger charge is -1.99. The summed E-state index contributed by atoms with van der Waals surface area (Å²) in [6.45, 7) is 10.3. The first-order valence-electron chi connectivity index (χ1n) is 7.32. The fourth-order valence-corrected chi connectivity index (χ4v) is 1.93. The second kappa shape index (κ2) is 12.4. The summed E-state index contributed by atoms with van der Waals surface area (Å²) in [5, 5.41) is 0. The molecule has 0 fully saturated rings. The number of rotatable bonds is 10. The highest BCUT2D eigenvalue weighted by molar-refractivity contribution is 5.20. The highest BCUT2D eigenvalue weighted by Gasteiger charge is 1.89. The Morgan fingerprint density at radius 1 is 1.17 bits per heavy atom. The molecule has 0 heteroatoms. The van der Waals surface area contributed by atoms with Crippen LogP contribution < -0.4 is 0 Å². The highest BCUT2D eigenvalue weighted by Crippen LogP contribution is 2.09.